The number of aliphatic hydroxyl groups excluding tert-OH is 1. The fourth-order valence-corrected chi connectivity index (χ4v) is 11.0. The highest BCUT2D eigenvalue weighted by atomic mass is 16.7. The summed E-state index contributed by atoms with van der Waals surface area (Å²) in [7, 11) is 7.11. The van der Waals surface area contributed by atoms with Gasteiger partial charge in [-0.05, 0) is 119 Å². The van der Waals surface area contributed by atoms with Crippen molar-refractivity contribution in [3.8, 4) is 0 Å². The molecule has 0 radical (unpaired) electrons. The van der Waals surface area contributed by atoms with E-state index < -0.39 is 0 Å². The molecule has 11 nitrogen and oxygen atoms in total. The molecule has 4 aliphatic carbocycles. The molecule has 10 unspecified atom stereocenters. The molecule has 5 aliphatic rings. The Balaban J connectivity index is 0.000000632. The number of hydroxylamine groups is 2. The van der Waals surface area contributed by atoms with Gasteiger partial charge in [-0.2, -0.15) is 5.06 Å². The van der Waals surface area contributed by atoms with E-state index in [2.05, 4.69) is 75.0 Å². The Labute approximate surface area is 349 Å². The van der Waals surface area contributed by atoms with Gasteiger partial charge in [0.25, 0.3) is 0 Å². The lowest BCUT2D eigenvalue weighted by Gasteiger charge is -2.46. The first-order chi connectivity index (χ1) is 27.2. The van der Waals surface area contributed by atoms with Gasteiger partial charge >= 0.3 is 0 Å². The Hall–Kier alpha value is -1.79. The molecular weight excluding hydrogens is 719 g/mol. The van der Waals surface area contributed by atoms with Crippen LogP contribution in [0.1, 0.15) is 144 Å². The van der Waals surface area contributed by atoms with Crippen LogP contribution in [0.15, 0.2) is 0 Å². The lowest BCUT2D eigenvalue weighted by atomic mass is 9.64. The predicted molar refractivity (Wildman–Crippen MR) is 232 cm³/mol. The smallest absolute Gasteiger partial charge is 0.223 e. The normalized spacial score (nSPS) is 32.2. The Bertz CT molecular complexity index is 1120. The van der Waals surface area contributed by atoms with Crippen molar-refractivity contribution in [1.82, 2.24) is 20.6 Å². The van der Waals surface area contributed by atoms with Gasteiger partial charge < -0.3 is 31.1 Å². The number of ether oxygens (including phenoxy) is 1. The van der Waals surface area contributed by atoms with Crippen LogP contribution in [0.25, 0.3) is 0 Å². The second-order valence-electron chi connectivity index (χ2n) is 19.6. The molecule has 1 heterocycles. The summed E-state index contributed by atoms with van der Waals surface area (Å²) in [5.41, 5.74) is 4.78. The number of aliphatic hydroxyl groups is 1. The van der Waals surface area contributed by atoms with Gasteiger partial charge in [0.15, 0.2) is 0 Å². The van der Waals surface area contributed by atoms with Crippen molar-refractivity contribution >= 4 is 18.2 Å². The zero-order valence-electron chi connectivity index (χ0n) is 38.2. The minimum Gasteiger partial charge on any atom is -0.400 e. The SMILES string of the molecule is CC1CCC(C)C(C)(C)C1.CCC1CON(CC2CCCC(C3CC(CNC(C)=O)CC(C(=O)NC(CC4CCCCC4)CN(C)C)C3)C2OC)C1.CO.NC=O. The maximum Gasteiger partial charge on any atom is 0.223 e. The molecule has 5 fully saturated rings. The van der Waals surface area contributed by atoms with Crippen LogP contribution in [0.4, 0.5) is 0 Å². The number of nitrogens with one attached hydrogen (secondary N) is 2. The Morgan fingerprint density at radius 3 is 2.23 bits per heavy atom. The molecular formula is C46H89N5O6. The molecule has 1 aliphatic heterocycles. The average molecular weight is 808 g/mol. The first-order valence-electron chi connectivity index (χ1n) is 22.9. The number of amides is 3. The predicted octanol–water partition coefficient (Wildman–Crippen LogP) is 7.06. The molecule has 334 valence electrons. The maximum atomic E-state index is 14.0. The van der Waals surface area contributed by atoms with Crippen molar-refractivity contribution in [2.24, 2.45) is 64.4 Å². The number of hydrogen-bond donors (Lipinski definition) is 4. The van der Waals surface area contributed by atoms with E-state index in [1.54, 1.807) is 6.92 Å². The van der Waals surface area contributed by atoms with E-state index in [4.69, 9.17) is 19.5 Å². The molecule has 57 heavy (non-hydrogen) atoms. The molecule has 0 aromatic rings. The molecule has 1 saturated heterocycles. The highest BCUT2D eigenvalue weighted by Gasteiger charge is 2.44. The van der Waals surface area contributed by atoms with E-state index in [1.807, 2.05) is 7.11 Å². The molecule has 0 aromatic carbocycles. The van der Waals surface area contributed by atoms with Crippen molar-refractivity contribution in [2.45, 2.75) is 156 Å². The first kappa shape index (κ1) is 51.4. The van der Waals surface area contributed by atoms with Crippen molar-refractivity contribution < 1.29 is 29.1 Å². The lowest BCUT2D eigenvalue weighted by molar-refractivity contribution is -0.145. The van der Waals surface area contributed by atoms with E-state index in [9.17, 15) is 9.59 Å². The van der Waals surface area contributed by atoms with Gasteiger partial charge in [-0.25, -0.2) is 0 Å². The van der Waals surface area contributed by atoms with Gasteiger partial charge in [0, 0.05) is 65.2 Å². The van der Waals surface area contributed by atoms with E-state index in [1.165, 1.54) is 64.2 Å². The third-order valence-corrected chi connectivity index (χ3v) is 14.3. The van der Waals surface area contributed by atoms with Crippen LogP contribution in [0.2, 0.25) is 0 Å². The summed E-state index contributed by atoms with van der Waals surface area (Å²) in [6, 6.07) is 0.197. The van der Waals surface area contributed by atoms with Gasteiger partial charge in [0.05, 0.1) is 12.7 Å². The molecule has 5 rings (SSSR count). The number of hydrogen-bond acceptors (Lipinski definition) is 8. The Morgan fingerprint density at radius 1 is 0.982 bits per heavy atom. The van der Waals surface area contributed by atoms with Crippen LogP contribution in [-0.2, 0) is 24.0 Å². The third kappa shape index (κ3) is 18.2. The highest BCUT2D eigenvalue weighted by Crippen LogP contribution is 2.46. The van der Waals surface area contributed by atoms with Gasteiger partial charge in [-0.1, -0.05) is 79.6 Å². The van der Waals surface area contributed by atoms with Crippen LogP contribution >= 0.6 is 0 Å². The Kier molecular flexibility index (Phi) is 24.4. The van der Waals surface area contributed by atoms with E-state index >= 15 is 0 Å². The van der Waals surface area contributed by atoms with Crippen molar-refractivity contribution in [2.75, 3.05) is 61.1 Å². The fourth-order valence-electron chi connectivity index (χ4n) is 11.0. The number of nitrogens with zero attached hydrogens (tertiary/aromatic N) is 2. The summed E-state index contributed by atoms with van der Waals surface area (Å²) in [6.45, 7) is 17.8. The summed E-state index contributed by atoms with van der Waals surface area (Å²) in [6.07, 6.45) is 20.0. The lowest BCUT2D eigenvalue weighted by Crippen LogP contribution is -2.49. The molecule has 11 heteroatoms. The number of rotatable bonds is 13. The van der Waals surface area contributed by atoms with Crippen LogP contribution in [-0.4, -0.2) is 107 Å². The van der Waals surface area contributed by atoms with Crippen molar-refractivity contribution in [3.05, 3.63) is 0 Å². The molecule has 5 N–H and O–H groups in total. The third-order valence-electron chi connectivity index (χ3n) is 14.3. The van der Waals surface area contributed by atoms with E-state index in [-0.39, 0.29) is 36.3 Å². The van der Waals surface area contributed by atoms with E-state index in [0.29, 0.717) is 41.5 Å². The number of likely N-dealkylation sites (N-methyl/N-ethyl adjacent to an activating group) is 1. The first-order valence-corrected chi connectivity index (χ1v) is 22.9. The quantitative estimate of drug-likeness (QED) is 0.145. The van der Waals surface area contributed by atoms with E-state index in [0.717, 1.165) is 89.6 Å². The minimum absolute atomic E-state index is 0.0105. The van der Waals surface area contributed by atoms with Gasteiger partial charge in [0.1, 0.15) is 0 Å². The molecule has 0 spiro atoms. The number of carbonyl (C=O) groups excluding carboxylic acids is 3. The monoisotopic (exact) mass is 808 g/mol. The van der Waals surface area contributed by atoms with Gasteiger partial charge in [-0.3, -0.25) is 19.2 Å². The maximum absolute atomic E-state index is 14.0. The molecule has 3 amide bonds. The minimum atomic E-state index is -0.0105. The number of nitrogens with two attached hydrogens (primary N) is 1. The number of methoxy groups -OCH3 is 1. The second-order valence-corrected chi connectivity index (χ2v) is 19.6. The van der Waals surface area contributed by atoms with Crippen LogP contribution in [0.3, 0.4) is 0 Å². The van der Waals surface area contributed by atoms with Crippen LogP contribution in [0, 0.1) is 58.7 Å². The summed E-state index contributed by atoms with van der Waals surface area (Å²) >= 11 is 0. The number of carbonyl (C=O) groups is 3. The van der Waals surface area contributed by atoms with Crippen LogP contribution in [0.5, 0.6) is 0 Å². The fraction of sp³-hybridized carbons (Fsp3) is 0.935. The second kappa shape index (κ2) is 27.1. The average Bonchev–Trinajstić information content (AvgIpc) is 3.64. The van der Waals surface area contributed by atoms with Crippen LogP contribution < -0.4 is 16.4 Å². The topological polar surface area (TPSA) is 146 Å². The largest absolute Gasteiger partial charge is 0.400 e. The molecule has 0 aromatic heterocycles. The van der Waals surface area contributed by atoms with Crippen molar-refractivity contribution in [1.29, 1.82) is 0 Å². The zero-order valence-corrected chi connectivity index (χ0v) is 38.2. The molecule has 4 saturated carbocycles. The summed E-state index contributed by atoms with van der Waals surface area (Å²) in [4.78, 5) is 42.7. The Morgan fingerprint density at radius 2 is 1.67 bits per heavy atom. The molecule has 0 bridgehead atoms. The summed E-state index contributed by atoms with van der Waals surface area (Å²) < 4.78 is 6.30. The summed E-state index contributed by atoms with van der Waals surface area (Å²) in [5.74, 6) is 5.12. The van der Waals surface area contributed by atoms with Gasteiger partial charge in [0.2, 0.25) is 18.2 Å². The summed E-state index contributed by atoms with van der Waals surface area (Å²) in [5, 5.41) is 15.8. The number of primary amides is 1. The zero-order chi connectivity index (χ0) is 42.5. The highest BCUT2D eigenvalue weighted by molar-refractivity contribution is 5.79. The molecule has 10 atom stereocenters. The van der Waals surface area contributed by atoms with Gasteiger partial charge in [-0.15, -0.1) is 0 Å². The van der Waals surface area contributed by atoms with Crippen molar-refractivity contribution in [3.63, 3.8) is 0 Å². The standard InChI is InChI=1S/C34H62N4O4.C10H20.CH3NO.CH4O/c1-6-25-20-38(42-23-25)21-28-13-10-14-32(33(28)41-5)29-15-27(19-35-24(2)39)16-30(18-29)34(40)36-31(22-37(3)4)17-26-11-8-7-9-12-26;1-8-5-6-9(2)10(3,4)7-8;2-1-3;1-2/h25-33H,6-23H2,1-5H3,(H,35,39)(H,36,40);8-9H,5-7H2,1-4H3;1H,(H2,2,3);2H,1H3.